The van der Waals surface area contributed by atoms with Crippen molar-refractivity contribution in [2.45, 2.75) is 11.8 Å². The highest BCUT2D eigenvalue weighted by atomic mass is 32.2. The molecule has 3 N–H and O–H groups in total. The molecule has 6 heteroatoms. The van der Waals surface area contributed by atoms with Crippen LogP contribution in [0.1, 0.15) is 6.92 Å². The molecule has 0 aromatic heterocycles. The molecule has 1 unspecified atom stereocenters. The summed E-state index contributed by atoms with van der Waals surface area (Å²) in [4.78, 5) is 20.5. The Morgan fingerprint density at radius 1 is 1.60 bits per heavy atom. The maximum atomic E-state index is 10.9. The zero-order chi connectivity index (χ0) is 11.6. The maximum absolute atomic E-state index is 10.9. The van der Waals surface area contributed by atoms with E-state index in [0.29, 0.717) is 11.3 Å². The van der Waals surface area contributed by atoms with E-state index in [1.165, 1.54) is 13.0 Å². The number of carboxylic acid groups (broad SMARTS) is 2. The summed E-state index contributed by atoms with van der Waals surface area (Å²) in [6.07, 6.45) is 1.42. The summed E-state index contributed by atoms with van der Waals surface area (Å²) in [6, 6.07) is 0. The molecule has 0 radical (unpaired) electrons. The fourth-order valence-electron chi connectivity index (χ4n) is 1.12. The monoisotopic (exact) mass is 229 g/mol. The Morgan fingerprint density at radius 2 is 2.20 bits per heavy atom. The molecule has 0 amide bonds. The predicted molar refractivity (Wildman–Crippen MR) is 56.5 cm³/mol. The molecule has 0 aromatic carbocycles. The van der Waals surface area contributed by atoms with E-state index in [1.807, 2.05) is 0 Å². The van der Waals surface area contributed by atoms with Crippen LogP contribution in [-0.2, 0) is 9.59 Å². The second-order valence-electron chi connectivity index (χ2n) is 3.16. The Morgan fingerprint density at radius 3 is 2.60 bits per heavy atom. The Labute approximate surface area is 90.9 Å². The Balaban J connectivity index is 3.08. The van der Waals surface area contributed by atoms with E-state index in [4.69, 9.17) is 10.2 Å². The van der Waals surface area contributed by atoms with Gasteiger partial charge in [0.25, 0.3) is 0 Å². The lowest BCUT2D eigenvalue weighted by Crippen LogP contribution is -2.50. The van der Waals surface area contributed by atoms with Gasteiger partial charge in [-0.1, -0.05) is 12.7 Å². The van der Waals surface area contributed by atoms with Crippen LogP contribution in [0.15, 0.2) is 23.9 Å². The van der Waals surface area contributed by atoms with Crippen LogP contribution >= 0.6 is 11.8 Å². The molecule has 0 bridgehead atoms. The average Bonchev–Trinajstić information content (AvgIpc) is 2.17. The third-order valence-electron chi connectivity index (χ3n) is 2.07. The van der Waals surface area contributed by atoms with E-state index in [2.05, 4.69) is 11.9 Å². The van der Waals surface area contributed by atoms with Gasteiger partial charge in [-0.2, -0.15) is 0 Å². The minimum absolute atomic E-state index is 0.0892. The molecule has 1 aliphatic heterocycles. The third-order valence-corrected chi connectivity index (χ3v) is 3.38. The number of thioether (sulfide) groups is 1. The first-order valence-electron chi connectivity index (χ1n) is 4.15. The summed E-state index contributed by atoms with van der Waals surface area (Å²) in [7, 11) is 0. The van der Waals surface area contributed by atoms with Gasteiger partial charge in [-0.05, 0) is 12.5 Å². The first kappa shape index (κ1) is 11.6. The van der Waals surface area contributed by atoms with Gasteiger partial charge in [0.15, 0.2) is 4.87 Å². The third kappa shape index (κ3) is 2.15. The molecule has 0 saturated heterocycles. The molecular weight excluding hydrogens is 218 g/mol. The van der Waals surface area contributed by atoms with Crippen molar-refractivity contribution < 1.29 is 19.8 Å². The highest BCUT2D eigenvalue weighted by molar-refractivity contribution is 8.01. The van der Waals surface area contributed by atoms with Gasteiger partial charge in [-0.15, -0.1) is 11.8 Å². The van der Waals surface area contributed by atoms with Crippen molar-refractivity contribution in [3.05, 3.63) is 23.9 Å². The lowest BCUT2D eigenvalue weighted by Gasteiger charge is -2.32. The summed E-state index contributed by atoms with van der Waals surface area (Å²) in [5.74, 6) is -1.94. The number of rotatable bonds is 3. The van der Waals surface area contributed by atoms with E-state index in [0.717, 1.165) is 11.8 Å². The largest absolute Gasteiger partial charge is 0.479 e. The highest BCUT2D eigenvalue weighted by Gasteiger charge is 2.39. The number of carbonyl (C=O) groups is 2. The second-order valence-corrected chi connectivity index (χ2v) is 4.56. The van der Waals surface area contributed by atoms with Crippen molar-refractivity contribution in [1.29, 1.82) is 0 Å². The van der Waals surface area contributed by atoms with Gasteiger partial charge in [-0.3, -0.25) is 0 Å². The van der Waals surface area contributed by atoms with E-state index < -0.39 is 16.8 Å². The van der Waals surface area contributed by atoms with Gasteiger partial charge in [0, 0.05) is 5.75 Å². The van der Waals surface area contributed by atoms with Crippen molar-refractivity contribution in [3.8, 4) is 0 Å². The molecule has 0 saturated carbocycles. The summed E-state index contributed by atoms with van der Waals surface area (Å²) in [5.41, 5.74) is 0.417. The number of hydrogen-bond donors (Lipinski definition) is 3. The van der Waals surface area contributed by atoms with Crippen LogP contribution in [0.5, 0.6) is 0 Å². The lowest BCUT2D eigenvalue weighted by atomic mass is 10.2. The Hall–Kier alpha value is -1.43. The molecule has 0 aromatic rings. The first-order valence-corrected chi connectivity index (χ1v) is 5.13. The predicted octanol–water partition coefficient (Wildman–Crippen LogP) is 0.648. The first-order chi connectivity index (χ1) is 6.90. The molecule has 5 nitrogen and oxygen atoms in total. The van der Waals surface area contributed by atoms with Crippen molar-refractivity contribution >= 4 is 23.7 Å². The summed E-state index contributed by atoms with van der Waals surface area (Å²) < 4.78 is 0. The number of nitrogens with one attached hydrogen (secondary N) is 1. The van der Waals surface area contributed by atoms with Crippen molar-refractivity contribution in [1.82, 2.24) is 5.32 Å². The van der Waals surface area contributed by atoms with E-state index in [1.54, 1.807) is 0 Å². The van der Waals surface area contributed by atoms with Gasteiger partial charge < -0.3 is 15.5 Å². The zero-order valence-corrected chi connectivity index (χ0v) is 8.93. The molecule has 0 spiro atoms. The number of hydrogen-bond acceptors (Lipinski definition) is 4. The SMILES string of the molecule is C=CC1=C(C(=O)O)NC(C)(C(=O)O)SC1. The Kier molecular flexibility index (Phi) is 3.09. The van der Waals surface area contributed by atoms with E-state index >= 15 is 0 Å². The molecule has 0 aliphatic carbocycles. The van der Waals surface area contributed by atoms with Crippen LogP contribution in [0.3, 0.4) is 0 Å². The van der Waals surface area contributed by atoms with Crippen LogP contribution in [0, 0.1) is 0 Å². The van der Waals surface area contributed by atoms with Crippen molar-refractivity contribution in [2.75, 3.05) is 5.75 Å². The van der Waals surface area contributed by atoms with Crippen LogP contribution in [0.2, 0.25) is 0 Å². The molecule has 1 atom stereocenters. The van der Waals surface area contributed by atoms with Crippen molar-refractivity contribution in [3.63, 3.8) is 0 Å². The van der Waals surface area contributed by atoms with Gasteiger partial charge in [0.1, 0.15) is 5.70 Å². The highest BCUT2D eigenvalue weighted by Crippen LogP contribution is 2.31. The smallest absolute Gasteiger partial charge is 0.352 e. The van der Waals surface area contributed by atoms with Gasteiger partial charge >= 0.3 is 11.9 Å². The lowest BCUT2D eigenvalue weighted by molar-refractivity contribution is -0.140. The van der Waals surface area contributed by atoms with Gasteiger partial charge in [-0.25, -0.2) is 9.59 Å². The van der Waals surface area contributed by atoms with Crippen LogP contribution < -0.4 is 5.32 Å². The van der Waals surface area contributed by atoms with E-state index in [9.17, 15) is 9.59 Å². The minimum atomic E-state index is -1.29. The van der Waals surface area contributed by atoms with Gasteiger partial charge in [0.2, 0.25) is 0 Å². The maximum Gasteiger partial charge on any atom is 0.352 e. The van der Waals surface area contributed by atoms with E-state index in [-0.39, 0.29) is 5.70 Å². The zero-order valence-electron chi connectivity index (χ0n) is 8.11. The summed E-state index contributed by atoms with van der Waals surface area (Å²) in [6.45, 7) is 4.92. The second kappa shape index (κ2) is 3.98. The van der Waals surface area contributed by atoms with Crippen molar-refractivity contribution in [2.24, 2.45) is 0 Å². The molecule has 1 heterocycles. The summed E-state index contributed by atoms with van der Waals surface area (Å²) in [5, 5.41) is 20.3. The molecular formula is C9H11NO4S. The standard InChI is InChI=1S/C9H11NO4S/c1-3-5-4-15-9(2,8(13)14)10-6(5)7(11)12/h3,10H,1,4H2,2H3,(H,11,12)(H,13,14). The number of aliphatic carboxylic acids is 2. The fourth-order valence-corrected chi connectivity index (χ4v) is 2.12. The van der Waals surface area contributed by atoms with Crippen LogP contribution in [-0.4, -0.2) is 32.8 Å². The minimum Gasteiger partial charge on any atom is -0.479 e. The molecule has 15 heavy (non-hydrogen) atoms. The quantitative estimate of drug-likeness (QED) is 0.658. The van der Waals surface area contributed by atoms with Gasteiger partial charge in [0.05, 0.1) is 0 Å². The van der Waals surface area contributed by atoms with Crippen LogP contribution in [0.25, 0.3) is 0 Å². The molecule has 82 valence electrons. The number of carboxylic acids is 2. The topological polar surface area (TPSA) is 86.6 Å². The molecule has 1 aliphatic rings. The fraction of sp³-hybridized carbons (Fsp3) is 0.333. The molecule has 1 rings (SSSR count). The average molecular weight is 229 g/mol. The molecule has 0 fully saturated rings. The number of allylic oxidation sites excluding steroid dienone is 1. The Bertz CT molecular complexity index is 363. The van der Waals surface area contributed by atoms with Crippen LogP contribution in [0.4, 0.5) is 0 Å². The normalized spacial score (nSPS) is 25.7. The summed E-state index contributed by atoms with van der Waals surface area (Å²) >= 11 is 1.12.